The van der Waals surface area contributed by atoms with Gasteiger partial charge in [-0.3, -0.25) is 9.59 Å². The van der Waals surface area contributed by atoms with E-state index in [0.29, 0.717) is 18.5 Å². The Bertz CT molecular complexity index is 795. The minimum atomic E-state index is -3.04. The molecule has 1 fully saturated rings. The summed E-state index contributed by atoms with van der Waals surface area (Å²) in [4.78, 5) is 26.6. The molecule has 1 aliphatic rings. The van der Waals surface area contributed by atoms with Crippen molar-refractivity contribution in [3.63, 3.8) is 0 Å². The van der Waals surface area contributed by atoms with Crippen LogP contribution in [0.4, 0.5) is 0 Å². The number of carbonyl (C=O) groups excluding carboxylic acids is 2. The Labute approximate surface area is 168 Å². The lowest BCUT2D eigenvalue weighted by molar-refractivity contribution is -0.132. The third-order valence-corrected chi connectivity index (χ3v) is 6.82. The average Bonchev–Trinajstić information content (AvgIpc) is 2.98. The molecule has 6 nitrogen and oxygen atoms in total. The first kappa shape index (κ1) is 22.4. The lowest BCUT2D eigenvalue weighted by Gasteiger charge is -2.28. The maximum absolute atomic E-state index is 12.6. The van der Waals surface area contributed by atoms with Gasteiger partial charge < -0.3 is 10.2 Å². The molecule has 1 heterocycles. The average molecular weight is 409 g/mol. The smallest absolute Gasteiger partial charge is 0.251 e. The van der Waals surface area contributed by atoms with E-state index in [1.807, 2.05) is 19.1 Å². The fourth-order valence-corrected chi connectivity index (χ4v) is 5.15. The van der Waals surface area contributed by atoms with Gasteiger partial charge in [-0.15, -0.1) is 0 Å². The van der Waals surface area contributed by atoms with Crippen LogP contribution in [0.2, 0.25) is 0 Å². The third-order valence-electron chi connectivity index (χ3n) is 5.07. The molecule has 0 saturated carbocycles. The molecule has 1 saturated heterocycles. The highest BCUT2D eigenvalue weighted by Crippen LogP contribution is 2.22. The molecule has 0 aromatic heterocycles. The van der Waals surface area contributed by atoms with E-state index in [2.05, 4.69) is 26.1 Å². The summed E-state index contributed by atoms with van der Waals surface area (Å²) in [5.74, 6) is -0.122. The van der Waals surface area contributed by atoms with E-state index < -0.39 is 9.84 Å². The zero-order valence-corrected chi connectivity index (χ0v) is 18.1. The summed E-state index contributed by atoms with van der Waals surface area (Å²) in [5, 5.41) is 2.79. The molecule has 156 valence electrons. The molecule has 0 aliphatic carbocycles. The molecule has 1 unspecified atom stereocenters. The summed E-state index contributed by atoms with van der Waals surface area (Å²) in [6.45, 7) is 9.09. The monoisotopic (exact) mass is 408 g/mol. The minimum absolute atomic E-state index is 0.0257. The molecule has 28 heavy (non-hydrogen) atoms. The van der Waals surface area contributed by atoms with Crippen molar-refractivity contribution in [3.8, 4) is 0 Å². The van der Waals surface area contributed by atoms with Crippen molar-refractivity contribution >= 4 is 21.7 Å². The molecule has 1 atom stereocenters. The Hall–Kier alpha value is -1.89. The van der Waals surface area contributed by atoms with Gasteiger partial charge in [0, 0.05) is 31.1 Å². The van der Waals surface area contributed by atoms with Gasteiger partial charge in [-0.1, -0.05) is 39.8 Å². The van der Waals surface area contributed by atoms with E-state index in [4.69, 9.17) is 0 Å². The first-order chi connectivity index (χ1) is 13.0. The van der Waals surface area contributed by atoms with Gasteiger partial charge in [0.25, 0.3) is 5.91 Å². The summed E-state index contributed by atoms with van der Waals surface area (Å²) in [6.07, 6.45) is 1.44. The quantitative estimate of drug-likeness (QED) is 0.751. The van der Waals surface area contributed by atoms with E-state index in [1.54, 1.807) is 17.0 Å². The fourth-order valence-electron chi connectivity index (χ4n) is 3.42. The van der Waals surface area contributed by atoms with Crippen LogP contribution in [0.25, 0.3) is 0 Å². The topological polar surface area (TPSA) is 83.6 Å². The van der Waals surface area contributed by atoms with Crippen molar-refractivity contribution in [2.45, 2.75) is 58.4 Å². The van der Waals surface area contributed by atoms with Crippen LogP contribution in [-0.4, -0.2) is 55.8 Å². The molecule has 0 bridgehead atoms. The maximum atomic E-state index is 12.6. The molecule has 2 amide bonds. The van der Waals surface area contributed by atoms with Crippen LogP contribution in [0.3, 0.4) is 0 Å². The van der Waals surface area contributed by atoms with Gasteiger partial charge in [0.2, 0.25) is 5.91 Å². The zero-order chi connectivity index (χ0) is 20.9. The van der Waals surface area contributed by atoms with Crippen LogP contribution in [0.15, 0.2) is 24.3 Å². The highest BCUT2D eigenvalue weighted by atomic mass is 32.2. The Morgan fingerprint density at radius 2 is 1.82 bits per heavy atom. The second-order valence-electron chi connectivity index (χ2n) is 8.48. The molecule has 0 radical (unpaired) electrons. The molecule has 2 rings (SSSR count). The van der Waals surface area contributed by atoms with E-state index in [9.17, 15) is 18.0 Å². The van der Waals surface area contributed by atoms with E-state index in [1.165, 1.54) is 0 Å². The van der Waals surface area contributed by atoms with Crippen molar-refractivity contribution in [1.82, 2.24) is 10.2 Å². The van der Waals surface area contributed by atoms with E-state index in [-0.39, 0.29) is 47.7 Å². The van der Waals surface area contributed by atoms with Crippen molar-refractivity contribution in [3.05, 3.63) is 35.4 Å². The number of sulfone groups is 1. The molecular formula is C21H32N2O4S. The maximum Gasteiger partial charge on any atom is 0.251 e. The first-order valence-corrected chi connectivity index (χ1v) is 11.7. The summed E-state index contributed by atoms with van der Waals surface area (Å²) < 4.78 is 23.4. The molecule has 1 N–H and O–H groups in total. The lowest BCUT2D eigenvalue weighted by Crippen LogP contribution is -2.42. The fraction of sp³-hybridized carbons (Fsp3) is 0.619. The Kier molecular flexibility index (Phi) is 7.26. The Balaban J connectivity index is 1.88. The van der Waals surface area contributed by atoms with Gasteiger partial charge in [-0.2, -0.15) is 0 Å². The van der Waals surface area contributed by atoms with Crippen LogP contribution >= 0.6 is 0 Å². The number of hydrogen-bond acceptors (Lipinski definition) is 4. The summed E-state index contributed by atoms with van der Waals surface area (Å²) >= 11 is 0. The number of rotatable bonds is 7. The lowest BCUT2D eigenvalue weighted by atomic mass is 9.87. The molecule has 1 aromatic carbocycles. The summed E-state index contributed by atoms with van der Waals surface area (Å²) in [7, 11) is -3.04. The standard InChI is InChI=1S/C21H32N2O4S/c1-5-13-23(18-11-14-28(26,27)15-18)19(24)10-12-22-20(25)16-6-8-17(9-7-16)21(2,3)4/h6-9,18H,5,10-15H2,1-4H3,(H,22,25). The largest absolute Gasteiger partial charge is 0.352 e. The van der Waals surface area contributed by atoms with Gasteiger partial charge in [0.05, 0.1) is 11.5 Å². The highest BCUT2D eigenvalue weighted by molar-refractivity contribution is 7.91. The van der Waals surface area contributed by atoms with Crippen LogP contribution in [0, 0.1) is 0 Å². The third kappa shape index (κ3) is 6.06. The number of nitrogens with zero attached hydrogens (tertiary/aromatic N) is 1. The number of amides is 2. The molecule has 0 spiro atoms. The summed E-state index contributed by atoms with van der Waals surface area (Å²) in [5.41, 5.74) is 1.74. The number of benzene rings is 1. The summed E-state index contributed by atoms with van der Waals surface area (Å²) in [6, 6.07) is 7.25. The number of nitrogens with one attached hydrogen (secondary N) is 1. The number of hydrogen-bond donors (Lipinski definition) is 1. The van der Waals surface area contributed by atoms with Gasteiger partial charge >= 0.3 is 0 Å². The minimum Gasteiger partial charge on any atom is -0.352 e. The Morgan fingerprint density at radius 3 is 2.32 bits per heavy atom. The second-order valence-corrected chi connectivity index (χ2v) is 10.7. The van der Waals surface area contributed by atoms with Crippen molar-refractivity contribution in [1.29, 1.82) is 0 Å². The van der Waals surface area contributed by atoms with Crippen LogP contribution < -0.4 is 5.32 Å². The zero-order valence-electron chi connectivity index (χ0n) is 17.3. The predicted molar refractivity (Wildman–Crippen MR) is 111 cm³/mol. The molecule has 1 aromatic rings. The van der Waals surface area contributed by atoms with E-state index >= 15 is 0 Å². The van der Waals surface area contributed by atoms with Crippen LogP contribution in [-0.2, 0) is 20.0 Å². The molecule has 1 aliphatic heterocycles. The van der Waals surface area contributed by atoms with Crippen molar-refractivity contribution in [2.24, 2.45) is 0 Å². The highest BCUT2D eigenvalue weighted by Gasteiger charge is 2.34. The van der Waals surface area contributed by atoms with E-state index in [0.717, 1.165) is 12.0 Å². The number of carbonyl (C=O) groups is 2. The van der Waals surface area contributed by atoms with Gasteiger partial charge in [0.15, 0.2) is 9.84 Å². The van der Waals surface area contributed by atoms with Gasteiger partial charge in [0.1, 0.15) is 0 Å². The Morgan fingerprint density at radius 1 is 1.18 bits per heavy atom. The van der Waals surface area contributed by atoms with Crippen molar-refractivity contribution in [2.75, 3.05) is 24.6 Å². The second kappa shape index (κ2) is 9.07. The van der Waals surface area contributed by atoms with Gasteiger partial charge in [-0.05, 0) is 36.0 Å². The molecular weight excluding hydrogens is 376 g/mol. The van der Waals surface area contributed by atoms with Crippen molar-refractivity contribution < 1.29 is 18.0 Å². The van der Waals surface area contributed by atoms with Crippen LogP contribution in [0.5, 0.6) is 0 Å². The normalized spacial score (nSPS) is 18.6. The molecule has 7 heteroatoms. The van der Waals surface area contributed by atoms with Crippen LogP contribution in [0.1, 0.15) is 62.9 Å². The predicted octanol–water partition coefficient (Wildman–Crippen LogP) is 2.53. The SMILES string of the molecule is CCCN(C(=O)CCNC(=O)c1ccc(C(C)(C)C)cc1)C1CCS(=O)(=O)C1. The first-order valence-electron chi connectivity index (χ1n) is 9.92. The van der Waals surface area contributed by atoms with Gasteiger partial charge in [-0.25, -0.2) is 8.42 Å².